The quantitative estimate of drug-likeness (QED) is 0.402. The molecule has 1 aliphatic rings. The Kier molecular flexibility index (Phi) is 71.2. The molecule has 1 aliphatic carbocycles. The average molecular weight is 499 g/mol. The van der Waals surface area contributed by atoms with Crippen molar-refractivity contribution >= 4 is 0 Å². The van der Waals surface area contributed by atoms with Gasteiger partial charge < -0.3 is 0 Å². The molecule has 1 aromatic heterocycles. The molecule has 1 aromatic carbocycles. The van der Waals surface area contributed by atoms with Gasteiger partial charge >= 0.3 is 0 Å². The van der Waals surface area contributed by atoms with E-state index in [2.05, 4.69) is 60.5 Å². The predicted molar refractivity (Wildman–Crippen MR) is 172 cm³/mol. The van der Waals surface area contributed by atoms with Crippen molar-refractivity contribution in [3.63, 3.8) is 0 Å². The van der Waals surface area contributed by atoms with Gasteiger partial charge in [0.15, 0.2) is 0 Å². The lowest BCUT2D eigenvalue weighted by atomic mass is 10.1. The van der Waals surface area contributed by atoms with E-state index in [4.69, 9.17) is 0 Å². The molecule has 0 bridgehead atoms. The Morgan fingerprint density at radius 1 is 0.629 bits per heavy atom. The number of aromatic nitrogens is 2. The van der Waals surface area contributed by atoms with E-state index in [1.165, 1.54) is 19.3 Å². The topological polar surface area (TPSA) is 17.8 Å². The van der Waals surface area contributed by atoms with E-state index in [-0.39, 0.29) is 29.7 Å². The van der Waals surface area contributed by atoms with Crippen molar-refractivity contribution in [3.8, 4) is 0 Å². The van der Waals surface area contributed by atoms with Gasteiger partial charge in [-0.3, -0.25) is 4.68 Å². The fourth-order valence-electron chi connectivity index (χ4n) is 1.75. The van der Waals surface area contributed by atoms with Crippen LogP contribution in [0.25, 0.3) is 0 Å². The van der Waals surface area contributed by atoms with Gasteiger partial charge in [-0.25, -0.2) is 0 Å². The van der Waals surface area contributed by atoms with Gasteiger partial charge in [0.05, 0.1) is 0 Å². The summed E-state index contributed by atoms with van der Waals surface area (Å²) in [6.07, 6.45) is 8.14. The van der Waals surface area contributed by atoms with Crippen LogP contribution in [0.3, 0.4) is 0 Å². The van der Waals surface area contributed by atoms with Gasteiger partial charge in [-0.15, -0.1) is 0 Å². The highest BCUT2D eigenvalue weighted by Crippen LogP contribution is 2.34. The second-order valence-corrected chi connectivity index (χ2v) is 8.87. The molecule has 1 heterocycles. The number of benzene rings is 1. The zero-order chi connectivity index (χ0) is 25.1. The molecule has 0 radical (unpaired) electrons. The third kappa shape index (κ3) is 88.4. The highest BCUT2D eigenvalue weighted by Gasteiger charge is 2.21. The van der Waals surface area contributed by atoms with Gasteiger partial charge in [-0.1, -0.05) is 162 Å². The van der Waals surface area contributed by atoms with Crippen LogP contribution in [0.1, 0.15) is 132 Å². The summed E-state index contributed by atoms with van der Waals surface area (Å²) < 4.78 is 1.75. The lowest BCUT2D eigenvalue weighted by Gasteiger charge is -1.98. The molecule has 2 heteroatoms. The summed E-state index contributed by atoms with van der Waals surface area (Å²) >= 11 is 0. The third-order valence-electron chi connectivity index (χ3n) is 2.81. The lowest BCUT2D eigenvalue weighted by Crippen LogP contribution is -1.86. The Morgan fingerprint density at radius 2 is 0.914 bits per heavy atom. The minimum absolute atomic E-state index is 0. The van der Waals surface area contributed by atoms with Crippen molar-refractivity contribution in [1.82, 2.24) is 9.78 Å². The summed E-state index contributed by atoms with van der Waals surface area (Å²) in [5, 5.41) is 3.83. The summed E-state index contributed by atoms with van der Waals surface area (Å²) in [6.45, 7) is 25.6. The summed E-state index contributed by atoms with van der Waals surface area (Å²) in [5.74, 6) is 3.73. The molecule has 1 fully saturated rings. The first-order chi connectivity index (χ1) is 14.6. The first kappa shape index (κ1) is 54.4. The van der Waals surface area contributed by atoms with Gasteiger partial charge in [0.25, 0.3) is 0 Å². The summed E-state index contributed by atoms with van der Waals surface area (Å²) in [4.78, 5) is 0. The van der Waals surface area contributed by atoms with E-state index in [9.17, 15) is 0 Å². The molecule has 2 nitrogen and oxygen atoms in total. The van der Waals surface area contributed by atoms with Crippen LogP contribution in [-0.2, 0) is 7.05 Å². The minimum atomic E-state index is 0. The van der Waals surface area contributed by atoms with E-state index in [1.54, 1.807) is 10.9 Å². The van der Waals surface area contributed by atoms with Crippen LogP contribution < -0.4 is 0 Å². The van der Waals surface area contributed by atoms with Crippen molar-refractivity contribution in [1.29, 1.82) is 0 Å². The van der Waals surface area contributed by atoms with Crippen molar-refractivity contribution in [2.24, 2.45) is 30.7 Å². The van der Waals surface area contributed by atoms with Crippen LogP contribution in [0.4, 0.5) is 0 Å². The van der Waals surface area contributed by atoms with E-state index in [0.717, 1.165) is 23.7 Å². The zero-order valence-corrected chi connectivity index (χ0v) is 23.5. The number of hydrogen-bond donors (Lipinski definition) is 0. The Balaban J connectivity index is -0.0000000413. The first-order valence-corrected chi connectivity index (χ1v) is 12.6. The summed E-state index contributed by atoms with van der Waals surface area (Å²) in [6, 6.07) is 13.9. The van der Waals surface area contributed by atoms with Gasteiger partial charge in [-0.05, 0) is 36.2 Å². The molecular formula is C33H74N2. The zero-order valence-electron chi connectivity index (χ0n) is 23.5. The Hall–Kier alpha value is -1.57. The van der Waals surface area contributed by atoms with Crippen LogP contribution in [0.5, 0.6) is 0 Å². The predicted octanol–water partition coefficient (Wildman–Crippen LogP) is 12.5. The minimum Gasteiger partial charge on any atom is -0.276 e. The Labute approximate surface area is 227 Å². The molecule has 0 unspecified atom stereocenters. The Bertz CT molecular complexity index is 431. The normalized spacial score (nSPS) is 9.49. The molecule has 0 aliphatic heterocycles. The second kappa shape index (κ2) is 45.9. The maximum Gasteiger partial charge on any atom is 0.0489 e. The SMILES string of the molecule is C.C.C.C.CC.CC.CC(C)C.CC(C)C.CC(C)CC1CC1.Cn1cccn1.c1ccccc1. The molecule has 0 amide bonds. The highest BCUT2D eigenvalue weighted by atomic mass is 15.2. The number of hydrogen-bond acceptors (Lipinski definition) is 1. The van der Waals surface area contributed by atoms with Crippen molar-refractivity contribution in [3.05, 3.63) is 54.9 Å². The van der Waals surface area contributed by atoms with Crippen LogP contribution in [0, 0.1) is 23.7 Å². The van der Waals surface area contributed by atoms with Gasteiger partial charge in [0.1, 0.15) is 0 Å². The molecule has 216 valence electrons. The fraction of sp³-hybridized carbons (Fsp3) is 0.727. The molecule has 35 heavy (non-hydrogen) atoms. The lowest BCUT2D eigenvalue weighted by molar-refractivity contribution is 0.541. The smallest absolute Gasteiger partial charge is 0.0489 e. The largest absolute Gasteiger partial charge is 0.276 e. The average Bonchev–Trinajstić information content (AvgIpc) is 3.40. The van der Waals surface area contributed by atoms with Crippen molar-refractivity contribution < 1.29 is 0 Å². The maximum absolute atomic E-state index is 3.83. The van der Waals surface area contributed by atoms with Crippen LogP contribution in [-0.4, -0.2) is 9.78 Å². The Morgan fingerprint density at radius 3 is 1.00 bits per heavy atom. The molecular weight excluding hydrogens is 424 g/mol. The molecule has 3 rings (SSSR count). The highest BCUT2D eigenvalue weighted by molar-refractivity contribution is 4.99. The maximum atomic E-state index is 3.83. The van der Waals surface area contributed by atoms with Crippen LogP contribution in [0.2, 0.25) is 0 Å². The third-order valence-corrected chi connectivity index (χ3v) is 2.81. The van der Waals surface area contributed by atoms with Crippen molar-refractivity contribution in [2.45, 2.75) is 132 Å². The molecule has 0 atom stereocenters. The van der Waals surface area contributed by atoms with Crippen LogP contribution >= 0.6 is 0 Å². The monoisotopic (exact) mass is 499 g/mol. The van der Waals surface area contributed by atoms with Gasteiger partial charge in [0.2, 0.25) is 0 Å². The van der Waals surface area contributed by atoms with E-state index in [0.29, 0.717) is 0 Å². The molecule has 0 spiro atoms. The number of aryl methyl sites for hydroxylation is 1. The van der Waals surface area contributed by atoms with Crippen LogP contribution in [0.15, 0.2) is 54.9 Å². The molecule has 1 saturated carbocycles. The molecule has 0 N–H and O–H groups in total. The van der Waals surface area contributed by atoms with E-state index in [1.807, 2.05) is 83.4 Å². The number of nitrogens with zero attached hydrogens (tertiary/aromatic N) is 2. The summed E-state index contributed by atoms with van der Waals surface area (Å²) in [5.41, 5.74) is 0. The van der Waals surface area contributed by atoms with E-state index < -0.39 is 0 Å². The van der Waals surface area contributed by atoms with Crippen molar-refractivity contribution in [2.75, 3.05) is 0 Å². The standard InChI is InChI=1S/C7H14.C6H6.C4H6N2.2C4H10.2C2H6.4CH4/c1-6(2)5-7-3-4-7;1-2-4-6-5-3-1;1-6-4-2-3-5-6;2*1-4(2)3;2*1-2;;;;/h6-7H,3-5H2,1-2H3;1-6H;2-4H,1H3;2*4H,1-3H3;2*1-2H3;4*1H4. The van der Waals surface area contributed by atoms with E-state index >= 15 is 0 Å². The second-order valence-electron chi connectivity index (χ2n) is 8.87. The number of rotatable bonds is 2. The first-order valence-electron chi connectivity index (χ1n) is 12.6. The molecule has 0 saturated heterocycles. The summed E-state index contributed by atoms with van der Waals surface area (Å²) in [7, 11) is 1.89. The fourth-order valence-corrected chi connectivity index (χ4v) is 1.75. The van der Waals surface area contributed by atoms with Gasteiger partial charge in [-0.2, -0.15) is 5.10 Å². The molecule has 2 aromatic rings. The van der Waals surface area contributed by atoms with Gasteiger partial charge in [0, 0.05) is 19.4 Å².